The molecule has 0 atom stereocenters. The number of nitrogens with one attached hydrogen (secondary N) is 3. The van der Waals surface area contributed by atoms with Crippen LogP contribution in [0.15, 0.2) is 42.6 Å². The van der Waals surface area contributed by atoms with E-state index in [0.717, 1.165) is 22.9 Å². The molecule has 0 spiro atoms. The molecule has 1 amide bonds. The van der Waals surface area contributed by atoms with Crippen LogP contribution < -0.4 is 10.0 Å². The first kappa shape index (κ1) is 17.1. The summed E-state index contributed by atoms with van der Waals surface area (Å²) >= 11 is 0. The van der Waals surface area contributed by atoms with Crippen LogP contribution in [0.2, 0.25) is 0 Å². The summed E-state index contributed by atoms with van der Waals surface area (Å²) in [5.41, 5.74) is 3.62. The third-order valence-corrected chi connectivity index (χ3v) is 4.28. The van der Waals surface area contributed by atoms with Crippen LogP contribution in [0.1, 0.15) is 21.7 Å². The third kappa shape index (κ3) is 4.43. The van der Waals surface area contributed by atoms with Gasteiger partial charge in [-0.25, -0.2) is 13.1 Å². The fourth-order valence-corrected chi connectivity index (χ4v) is 2.89. The summed E-state index contributed by atoms with van der Waals surface area (Å²) in [6, 6.07) is 10.8. The second-order valence-electron chi connectivity index (χ2n) is 5.84. The average Bonchev–Trinajstić information content (AvgIpc) is 2.92. The first-order valence-corrected chi connectivity index (χ1v) is 9.49. The Morgan fingerprint density at radius 2 is 2.00 bits per heavy atom. The maximum absolute atomic E-state index is 12.4. The highest BCUT2D eigenvalue weighted by Crippen LogP contribution is 2.20. The zero-order chi connectivity index (χ0) is 18.0. The van der Waals surface area contributed by atoms with E-state index in [1.165, 1.54) is 6.20 Å². The van der Waals surface area contributed by atoms with Crippen molar-refractivity contribution in [3.05, 3.63) is 59.5 Å². The number of aromatic amines is 1. The van der Waals surface area contributed by atoms with Gasteiger partial charge in [-0.15, -0.1) is 0 Å². The van der Waals surface area contributed by atoms with Crippen molar-refractivity contribution in [3.63, 3.8) is 0 Å². The topological polar surface area (TPSA) is 104 Å². The van der Waals surface area contributed by atoms with Crippen LogP contribution in [0, 0.1) is 6.92 Å². The van der Waals surface area contributed by atoms with Gasteiger partial charge in [0.1, 0.15) is 0 Å². The minimum absolute atomic E-state index is 0.0362. The van der Waals surface area contributed by atoms with Gasteiger partial charge in [-0.05, 0) is 43.3 Å². The molecule has 0 saturated heterocycles. The van der Waals surface area contributed by atoms with Crippen molar-refractivity contribution in [1.82, 2.24) is 14.7 Å². The van der Waals surface area contributed by atoms with E-state index in [2.05, 4.69) is 20.0 Å². The van der Waals surface area contributed by atoms with E-state index in [0.29, 0.717) is 16.9 Å². The van der Waals surface area contributed by atoms with E-state index >= 15 is 0 Å². The van der Waals surface area contributed by atoms with Crippen LogP contribution in [0.4, 0.5) is 5.69 Å². The summed E-state index contributed by atoms with van der Waals surface area (Å²) in [5.74, 6) is -0.283. The first-order valence-electron chi connectivity index (χ1n) is 7.60. The standard InChI is InChI=1S/C17H18N4O3S/c1-11-7-13-9-14(3-4-16(13)20-11)21-17(22)12-5-6-18-15(8-12)10-19-25(2,23)24/h3-9,19-20H,10H2,1-2H3,(H,21,22). The second kappa shape index (κ2) is 6.66. The van der Waals surface area contributed by atoms with Gasteiger partial charge in [0.2, 0.25) is 10.0 Å². The van der Waals surface area contributed by atoms with Gasteiger partial charge < -0.3 is 10.3 Å². The van der Waals surface area contributed by atoms with Gasteiger partial charge >= 0.3 is 0 Å². The summed E-state index contributed by atoms with van der Waals surface area (Å²) in [4.78, 5) is 19.7. The van der Waals surface area contributed by atoms with E-state index in [-0.39, 0.29) is 12.5 Å². The quantitative estimate of drug-likeness (QED) is 0.650. The average molecular weight is 358 g/mol. The number of carbonyl (C=O) groups is 1. The number of fused-ring (bicyclic) bond motifs is 1. The van der Waals surface area contributed by atoms with E-state index < -0.39 is 10.0 Å². The molecular formula is C17H18N4O3S. The van der Waals surface area contributed by atoms with E-state index in [1.807, 2.05) is 31.2 Å². The SMILES string of the molecule is Cc1cc2cc(NC(=O)c3ccnc(CNS(C)(=O)=O)c3)ccc2[nH]1. The first-order chi connectivity index (χ1) is 11.8. The highest BCUT2D eigenvalue weighted by molar-refractivity contribution is 7.88. The molecule has 0 aliphatic heterocycles. The van der Waals surface area contributed by atoms with Crippen LogP contribution in [-0.2, 0) is 16.6 Å². The molecule has 3 rings (SSSR count). The van der Waals surface area contributed by atoms with E-state index in [1.54, 1.807) is 12.1 Å². The van der Waals surface area contributed by atoms with Gasteiger partial charge in [-0.3, -0.25) is 9.78 Å². The summed E-state index contributed by atoms with van der Waals surface area (Å²) in [6.45, 7) is 2.01. The molecule has 7 nitrogen and oxygen atoms in total. The lowest BCUT2D eigenvalue weighted by molar-refractivity contribution is 0.102. The number of hydrogen-bond donors (Lipinski definition) is 3. The van der Waals surface area contributed by atoms with Gasteiger partial charge in [0.25, 0.3) is 5.91 Å². The number of H-pyrrole nitrogens is 1. The third-order valence-electron chi connectivity index (χ3n) is 3.61. The Bertz CT molecular complexity index is 1040. The molecule has 0 saturated carbocycles. The predicted molar refractivity (Wildman–Crippen MR) is 96.9 cm³/mol. The summed E-state index contributed by atoms with van der Waals surface area (Å²) in [7, 11) is -3.32. The van der Waals surface area contributed by atoms with Crippen LogP contribution in [0.3, 0.4) is 0 Å². The number of carbonyl (C=O) groups excluding carboxylic acids is 1. The number of nitrogens with zero attached hydrogens (tertiary/aromatic N) is 1. The number of amides is 1. The van der Waals surface area contributed by atoms with Gasteiger partial charge in [0.05, 0.1) is 18.5 Å². The van der Waals surface area contributed by atoms with Crippen molar-refractivity contribution in [2.45, 2.75) is 13.5 Å². The molecule has 1 aromatic carbocycles. The number of hydrogen-bond acceptors (Lipinski definition) is 4. The molecule has 8 heteroatoms. The predicted octanol–water partition coefficient (Wildman–Crippen LogP) is 2.17. The van der Waals surface area contributed by atoms with Crippen LogP contribution >= 0.6 is 0 Å². The maximum Gasteiger partial charge on any atom is 0.255 e. The van der Waals surface area contributed by atoms with Crippen molar-refractivity contribution in [1.29, 1.82) is 0 Å². The molecular weight excluding hydrogens is 340 g/mol. The number of aromatic nitrogens is 2. The Hall–Kier alpha value is -2.71. The Kier molecular flexibility index (Phi) is 4.56. The molecule has 0 unspecified atom stereocenters. The maximum atomic E-state index is 12.4. The Morgan fingerprint density at radius 3 is 2.76 bits per heavy atom. The lowest BCUT2D eigenvalue weighted by atomic mass is 10.2. The lowest BCUT2D eigenvalue weighted by Crippen LogP contribution is -2.22. The Balaban J connectivity index is 1.75. The smallest absolute Gasteiger partial charge is 0.255 e. The van der Waals surface area contributed by atoms with Crippen molar-refractivity contribution in [2.24, 2.45) is 0 Å². The summed E-state index contributed by atoms with van der Waals surface area (Å²) < 4.78 is 24.7. The molecule has 0 fully saturated rings. The molecule has 25 heavy (non-hydrogen) atoms. The number of aryl methyl sites for hydroxylation is 1. The van der Waals surface area contributed by atoms with Gasteiger partial charge in [-0.1, -0.05) is 0 Å². The zero-order valence-corrected chi connectivity index (χ0v) is 14.6. The van der Waals surface area contributed by atoms with Crippen molar-refractivity contribution >= 4 is 32.5 Å². The minimum Gasteiger partial charge on any atom is -0.359 e. The van der Waals surface area contributed by atoms with Gasteiger partial charge in [0.15, 0.2) is 0 Å². The van der Waals surface area contributed by atoms with Crippen molar-refractivity contribution in [3.8, 4) is 0 Å². The zero-order valence-electron chi connectivity index (χ0n) is 13.8. The normalized spacial score (nSPS) is 11.6. The number of rotatable bonds is 5. The van der Waals surface area contributed by atoms with Crippen molar-refractivity contribution in [2.75, 3.05) is 11.6 Å². The largest absolute Gasteiger partial charge is 0.359 e. The summed E-state index contributed by atoms with van der Waals surface area (Å²) in [6.07, 6.45) is 2.55. The summed E-state index contributed by atoms with van der Waals surface area (Å²) in [5, 5.41) is 3.86. The van der Waals surface area contributed by atoms with Crippen LogP contribution in [0.25, 0.3) is 10.9 Å². The fraction of sp³-hybridized carbons (Fsp3) is 0.176. The fourth-order valence-electron chi connectivity index (χ4n) is 2.48. The molecule has 0 bridgehead atoms. The number of anilines is 1. The number of benzene rings is 1. The van der Waals surface area contributed by atoms with E-state index in [4.69, 9.17) is 0 Å². The lowest BCUT2D eigenvalue weighted by Gasteiger charge is -2.07. The second-order valence-corrected chi connectivity index (χ2v) is 7.67. The highest BCUT2D eigenvalue weighted by atomic mass is 32.2. The molecule has 0 radical (unpaired) electrons. The molecule has 3 aromatic rings. The monoisotopic (exact) mass is 358 g/mol. The van der Waals surface area contributed by atoms with E-state index in [9.17, 15) is 13.2 Å². The Labute approximate surface area is 145 Å². The van der Waals surface area contributed by atoms with Gasteiger partial charge in [-0.2, -0.15) is 0 Å². The van der Waals surface area contributed by atoms with Crippen molar-refractivity contribution < 1.29 is 13.2 Å². The molecule has 0 aliphatic carbocycles. The number of sulfonamides is 1. The van der Waals surface area contributed by atoms with Gasteiger partial charge in [0, 0.05) is 34.0 Å². The molecule has 130 valence electrons. The minimum atomic E-state index is -3.32. The molecule has 3 N–H and O–H groups in total. The molecule has 2 heterocycles. The molecule has 2 aromatic heterocycles. The number of pyridine rings is 1. The molecule has 0 aliphatic rings. The Morgan fingerprint density at radius 1 is 1.20 bits per heavy atom. The van der Waals surface area contributed by atoms with Crippen LogP contribution in [-0.4, -0.2) is 30.5 Å². The highest BCUT2D eigenvalue weighted by Gasteiger charge is 2.09. The van der Waals surface area contributed by atoms with Crippen LogP contribution in [0.5, 0.6) is 0 Å².